The van der Waals surface area contributed by atoms with Crippen LogP contribution in [0.1, 0.15) is 52.6 Å². The first-order valence-corrected chi connectivity index (χ1v) is 9.58. The Kier molecular flexibility index (Phi) is 5.63. The minimum absolute atomic E-state index is 0.0132. The molecule has 0 spiro atoms. The third kappa shape index (κ3) is 3.75. The Labute approximate surface area is 160 Å². The van der Waals surface area contributed by atoms with Gasteiger partial charge in [-0.1, -0.05) is 25.1 Å². The summed E-state index contributed by atoms with van der Waals surface area (Å²) in [4.78, 5) is 29.2. The van der Waals surface area contributed by atoms with Crippen LogP contribution in [0, 0.1) is 13.8 Å². The first-order chi connectivity index (χ1) is 12.9. The van der Waals surface area contributed by atoms with Gasteiger partial charge in [0.25, 0.3) is 5.91 Å². The zero-order valence-electron chi connectivity index (χ0n) is 16.6. The molecule has 0 bridgehead atoms. The lowest BCUT2D eigenvalue weighted by Gasteiger charge is -2.30. The van der Waals surface area contributed by atoms with Gasteiger partial charge in [0.05, 0.1) is 5.69 Å². The van der Waals surface area contributed by atoms with E-state index in [0.29, 0.717) is 19.5 Å². The maximum absolute atomic E-state index is 13.0. The van der Waals surface area contributed by atoms with E-state index < -0.39 is 6.04 Å². The number of aromatic amines is 1. The summed E-state index contributed by atoms with van der Waals surface area (Å²) in [5.41, 5.74) is 5.06. The molecule has 0 fully saturated rings. The van der Waals surface area contributed by atoms with Gasteiger partial charge in [0.15, 0.2) is 0 Å². The molecule has 1 aromatic heterocycles. The van der Waals surface area contributed by atoms with Crippen molar-refractivity contribution in [3.05, 3.63) is 52.3 Å². The molecule has 2 heterocycles. The molecule has 2 aromatic rings. The second-order valence-corrected chi connectivity index (χ2v) is 7.29. The topological polar surface area (TPSA) is 69.3 Å². The third-order valence-corrected chi connectivity index (χ3v) is 5.47. The smallest absolute Gasteiger partial charge is 0.255 e. The summed E-state index contributed by atoms with van der Waals surface area (Å²) < 4.78 is 0. The summed E-state index contributed by atoms with van der Waals surface area (Å²) in [6, 6.07) is 7.20. The van der Waals surface area contributed by atoms with Gasteiger partial charge in [-0.2, -0.15) is 5.10 Å². The van der Waals surface area contributed by atoms with Crippen LogP contribution in [0.3, 0.4) is 0 Å². The molecule has 2 amide bonds. The predicted octanol–water partition coefficient (Wildman–Crippen LogP) is 2.85. The highest BCUT2D eigenvalue weighted by atomic mass is 16.2. The molecule has 6 nitrogen and oxygen atoms in total. The number of rotatable bonds is 7. The quantitative estimate of drug-likeness (QED) is 0.817. The van der Waals surface area contributed by atoms with E-state index in [0.717, 1.165) is 35.4 Å². The van der Waals surface area contributed by atoms with Crippen LogP contribution < -0.4 is 0 Å². The Balaban J connectivity index is 1.61. The molecule has 144 valence electrons. The number of benzene rings is 1. The van der Waals surface area contributed by atoms with E-state index in [-0.39, 0.29) is 11.8 Å². The molecule has 1 aromatic carbocycles. The maximum Gasteiger partial charge on any atom is 0.255 e. The fourth-order valence-electron chi connectivity index (χ4n) is 3.86. The molecule has 1 aliphatic rings. The zero-order chi connectivity index (χ0) is 19.6. The molecule has 1 aliphatic heterocycles. The first kappa shape index (κ1) is 19.1. The molecule has 0 saturated heterocycles. The predicted molar refractivity (Wildman–Crippen MR) is 104 cm³/mol. The Bertz CT molecular complexity index is 823. The van der Waals surface area contributed by atoms with E-state index in [9.17, 15) is 9.59 Å². The Morgan fingerprint density at radius 2 is 2.07 bits per heavy atom. The Hall–Kier alpha value is -2.63. The van der Waals surface area contributed by atoms with Gasteiger partial charge in [-0.05, 0) is 50.3 Å². The zero-order valence-corrected chi connectivity index (χ0v) is 16.6. The number of aryl methyl sites for hydroxylation is 2. The summed E-state index contributed by atoms with van der Waals surface area (Å²) in [6.45, 7) is 7.16. The second kappa shape index (κ2) is 7.94. The number of hydrogen-bond donors (Lipinski definition) is 1. The minimum Gasteiger partial charge on any atom is -0.344 e. The van der Waals surface area contributed by atoms with Crippen molar-refractivity contribution in [1.82, 2.24) is 20.0 Å². The van der Waals surface area contributed by atoms with Crippen LogP contribution in [0.15, 0.2) is 24.3 Å². The molecule has 0 aliphatic carbocycles. The average Bonchev–Trinajstić information content (AvgIpc) is 3.16. The van der Waals surface area contributed by atoms with Crippen molar-refractivity contribution in [1.29, 1.82) is 0 Å². The molecule has 1 N–H and O–H groups in total. The first-order valence-electron chi connectivity index (χ1n) is 9.58. The molecule has 6 heteroatoms. The highest BCUT2D eigenvalue weighted by Gasteiger charge is 2.36. The van der Waals surface area contributed by atoms with Crippen molar-refractivity contribution < 1.29 is 9.59 Å². The summed E-state index contributed by atoms with van der Waals surface area (Å²) in [5, 5.41) is 7.22. The molecule has 0 saturated carbocycles. The number of amides is 2. The van der Waals surface area contributed by atoms with Crippen molar-refractivity contribution in [2.45, 2.75) is 52.6 Å². The number of likely N-dealkylation sites (N-methyl/N-ethyl adjacent to an activating group) is 1. The molecule has 1 unspecified atom stereocenters. The lowest BCUT2D eigenvalue weighted by atomic mass is 10.1. The molecule has 3 rings (SSSR count). The fraction of sp³-hybridized carbons (Fsp3) is 0.476. The van der Waals surface area contributed by atoms with Gasteiger partial charge >= 0.3 is 0 Å². The van der Waals surface area contributed by atoms with Crippen molar-refractivity contribution >= 4 is 11.8 Å². The van der Waals surface area contributed by atoms with Crippen molar-refractivity contribution in [3.63, 3.8) is 0 Å². The number of nitrogens with zero attached hydrogens (tertiary/aromatic N) is 3. The molecule has 27 heavy (non-hydrogen) atoms. The number of aromatic nitrogens is 2. The fourth-order valence-corrected chi connectivity index (χ4v) is 3.86. The molecule has 1 atom stereocenters. The van der Waals surface area contributed by atoms with Gasteiger partial charge in [0, 0.05) is 31.4 Å². The number of carbonyl (C=O) groups excluding carboxylic acids is 2. The van der Waals surface area contributed by atoms with Gasteiger partial charge in [-0.25, -0.2) is 0 Å². The van der Waals surface area contributed by atoms with Crippen molar-refractivity contribution in [2.24, 2.45) is 0 Å². The van der Waals surface area contributed by atoms with Gasteiger partial charge in [-0.3, -0.25) is 14.7 Å². The van der Waals surface area contributed by atoms with Gasteiger partial charge in [0.1, 0.15) is 6.04 Å². The number of carbonyl (C=O) groups is 2. The van der Waals surface area contributed by atoms with Crippen LogP contribution in [0.2, 0.25) is 0 Å². The summed E-state index contributed by atoms with van der Waals surface area (Å²) >= 11 is 0. The van der Waals surface area contributed by atoms with E-state index in [1.54, 1.807) is 9.80 Å². The van der Waals surface area contributed by atoms with Gasteiger partial charge < -0.3 is 9.80 Å². The maximum atomic E-state index is 13.0. The van der Waals surface area contributed by atoms with Crippen LogP contribution in [0.4, 0.5) is 0 Å². The highest BCUT2D eigenvalue weighted by molar-refractivity contribution is 6.01. The van der Waals surface area contributed by atoms with Crippen LogP contribution in [0.5, 0.6) is 0 Å². The summed E-state index contributed by atoms with van der Waals surface area (Å²) in [5.74, 6) is -0.0249. The van der Waals surface area contributed by atoms with Crippen molar-refractivity contribution in [2.75, 3.05) is 13.6 Å². The van der Waals surface area contributed by atoms with E-state index in [1.165, 1.54) is 5.56 Å². The number of H-pyrrole nitrogens is 1. The van der Waals surface area contributed by atoms with Crippen LogP contribution in [-0.2, 0) is 17.8 Å². The Morgan fingerprint density at radius 3 is 2.70 bits per heavy atom. The Morgan fingerprint density at radius 1 is 1.33 bits per heavy atom. The third-order valence-electron chi connectivity index (χ3n) is 5.47. The average molecular weight is 368 g/mol. The minimum atomic E-state index is -0.410. The number of fused-ring (bicyclic) bond motifs is 1. The largest absolute Gasteiger partial charge is 0.344 e. The molecule has 0 radical (unpaired) electrons. The van der Waals surface area contributed by atoms with E-state index in [4.69, 9.17) is 0 Å². The van der Waals surface area contributed by atoms with E-state index in [2.05, 4.69) is 10.2 Å². The lowest BCUT2D eigenvalue weighted by molar-refractivity contribution is -0.135. The molecular formula is C21H28N4O2. The van der Waals surface area contributed by atoms with Crippen LogP contribution >= 0.6 is 0 Å². The summed E-state index contributed by atoms with van der Waals surface area (Å²) in [7, 11) is 1.83. The number of nitrogens with one attached hydrogen (secondary N) is 1. The molecular weight excluding hydrogens is 340 g/mol. The van der Waals surface area contributed by atoms with Crippen LogP contribution in [-0.4, -0.2) is 51.4 Å². The monoisotopic (exact) mass is 368 g/mol. The van der Waals surface area contributed by atoms with Crippen LogP contribution in [0.25, 0.3) is 0 Å². The van der Waals surface area contributed by atoms with Gasteiger partial charge in [0.2, 0.25) is 5.91 Å². The normalized spacial score (nSPS) is 14.4. The second-order valence-electron chi connectivity index (χ2n) is 7.29. The van der Waals surface area contributed by atoms with Crippen molar-refractivity contribution in [3.8, 4) is 0 Å². The highest BCUT2D eigenvalue weighted by Crippen LogP contribution is 2.26. The standard InChI is InChI=1S/C21H28N4O2/c1-5-19(25-13-16-9-6-7-10-18(16)20(25)26)21(27)24(4)12-8-11-17-14(2)22-23-15(17)3/h6-7,9-10,19H,5,8,11-13H2,1-4H3,(H,22,23). The van der Waals surface area contributed by atoms with Gasteiger partial charge in [-0.15, -0.1) is 0 Å². The summed E-state index contributed by atoms with van der Waals surface area (Å²) in [6.07, 6.45) is 2.37. The van der Waals surface area contributed by atoms with E-state index >= 15 is 0 Å². The lowest BCUT2D eigenvalue weighted by Crippen LogP contribution is -2.47. The number of hydrogen-bond acceptors (Lipinski definition) is 3. The SMILES string of the molecule is CCC(C(=O)N(C)CCCc1c(C)n[nH]c1C)N1Cc2ccccc2C1=O. The van der Waals surface area contributed by atoms with E-state index in [1.807, 2.05) is 52.1 Å².